The maximum Gasteiger partial charge on any atom is 2.00 e. The van der Waals surface area contributed by atoms with Gasteiger partial charge in [0.25, 0.3) is 0 Å². The van der Waals surface area contributed by atoms with Gasteiger partial charge in [-0.25, -0.2) is 19.7 Å². The Labute approximate surface area is 287 Å². The number of nitrogens with zero attached hydrogens (tertiary/aromatic N) is 4. The first kappa shape index (κ1) is 60.3. The number of nitriles is 1. The fourth-order valence-corrected chi connectivity index (χ4v) is 12.7. The van der Waals surface area contributed by atoms with Crippen molar-refractivity contribution < 1.29 is 42.1 Å². The second kappa shape index (κ2) is 33.0. The third-order valence-corrected chi connectivity index (χ3v) is 14.1. The molecule has 0 rings (SSSR count). The van der Waals surface area contributed by atoms with E-state index in [1.54, 1.807) is 11.8 Å². The normalized spacial score (nSPS) is 10.1. The van der Waals surface area contributed by atoms with Crippen LogP contribution in [0.25, 0.3) is 14.5 Å². The molecule has 242 valence electrons. The summed E-state index contributed by atoms with van der Waals surface area (Å²) in [6.07, 6.45) is 0. The van der Waals surface area contributed by atoms with Crippen LogP contribution in [0.3, 0.4) is 0 Å². The van der Waals surface area contributed by atoms with Crippen molar-refractivity contribution in [3.63, 3.8) is 0 Å². The summed E-state index contributed by atoms with van der Waals surface area (Å²) in [7, 11) is 0.444. The van der Waals surface area contributed by atoms with Crippen molar-refractivity contribution in [2.45, 2.75) is 99.7 Å². The van der Waals surface area contributed by atoms with E-state index in [1.165, 1.54) is 0 Å². The average molecular weight is 999 g/mol. The Kier molecular flexibility index (Phi) is 49.7. The van der Waals surface area contributed by atoms with E-state index in [1.807, 2.05) is 83.1 Å². The second-order valence-electron chi connectivity index (χ2n) is 14.4. The molecule has 0 aromatic rings. The molecule has 0 bridgehead atoms. The Balaban J connectivity index is -0.0000000508. The summed E-state index contributed by atoms with van der Waals surface area (Å²) in [6.45, 7) is 61.2. The van der Waals surface area contributed by atoms with Crippen molar-refractivity contribution in [2.75, 3.05) is 65.1 Å². The monoisotopic (exact) mass is 998 g/mol. The van der Waals surface area contributed by atoms with Crippen LogP contribution in [0.1, 0.15) is 83.1 Å². The van der Waals surface area contributed by atoms with E-state index < -0.39 is 0 Å². The van der Waals surface area contributed by atoms with Crippen LogP contribution in [-0.4, -0.2) is 81.7 Å². The van der Waals surface area contributed by atoms with Gasteiger partial charge in [-0.05, 0) is 20.8 Å². The Morgan fingerprint density at radius 1 is 0.500 bits per heavy atom. The molecule has 0 aliphatic carbocycles. The first-order valence-corrected chi connectivity index (χ1v) is 24.1. The molecule has 0 aliphatic heterocycles. The van der Waals surface area contributed by atoms with Crippen LogP contribution >= 0.6 is 31.7 Å². The molecule has 0 radical (unpaired) electrons. The summed E-state index contributed by atoms with van der Waals surface area (Å²) in [5.41, 5.74) is -0.653. The molecule has 0 aromatic heterocycles. The maximum absolute atomic E-state index is 8.15. The number of hydrogen-bond acceptors (Lipinski definition) is 1. The molecule has 0 unspecified atom stereocenters. The summed E-state index contributed by atoms with van der Waals surface area (Å²) in [5, 5.41) is 8.15. The van der Waals surface area contributed by atoms with Gasteiger partial charge in [0.2, 0.25) is 16.6 Å². The van der Waals surface area contributed by atoms with Gasteiger partial charge in [0.05, 0.1) is 6.07 Å². The topological polar surface area (TPSA) is 36.9 Å². The fraction of sp³-hybridized carbons (Fsp3) is 0.867. The van der Waals surface area contributed by atoms with Gasteiger partial charge in [-0.15, -0.1) is 0 Å². The third-order valence-electron chi connectivity index (χ3n) is 2.76. The quantitative estimate of drug-likeness (QED) is 0.204. The zero-order valence-corrected chi connectivity index (χ0v) is 38.4. The molecular formula is C30H68N4P4Pt2+6. The van der Waals surface area contributed by atoms with Crippen molar-refractivity contribution in [2.24, 2.45) is 5.41 Å². The minimum absolute atomic E-state index is 0. The average Bonchev–Trinajstić information content (AvgIpc) is 2.66. The zero-order chi connectivity index (χ0) is 32.6. The van der Waals surface area contributed by atoms with E-state index in [4.69, 9.17) is 25.0 Å². The molecule has 0 aromatic carbocycles. The van der Waals surface area contributed by atoms with Gasteiger partial charge >= 0.3 is 21.1 Å². The molecule has 0 aliphatic rings. The molecule has 0 amide bonds. The van der Waals surface area contributed by atoms with E-state index in [0.717, 1.165) is 0 Å². The first-order valence-electron chi connectivity index (χ1n) is 13.2. The van der Waals surface area contributed by atoms with Crippen molar-refractivity contribution >= 4 is 31.7 Å². The molecule has 0 atom stereocenters. The summed E-state index contributed by atoms with van der Waals surface area (Å²) in [6, 6.07) is 2.10. The predicted octanol–water partition coefficient (Wildman–Crippen LogP) is 10.4. The van der Waals surface area contributed by atoms with Crippen LogP contribution in [0, 0.1) is 36.5 Å². The second-order valence-corrected chi connectivity index (χ2v) is 26.9. The standard InChI is InChI=1S/4C5H9N.2C5H14P2.2Pt/c3*1-5(2,3)6-4;1-5(2,3)4-6;2*1-6(2)5-7(3)4;;/h4*1-3H3;2*5H2,1-4H3;;/q;;;;;;;+2/p+4. The van der Waals surface area contributed by atoms with E-state index in [2.05, 4.69) is 73.9 Å². The van der Waals surface area contributed by atoms with Crippen LogP contribution in [0.2, 0.25) is 0 Å². The minimum Gasteiger partial charge on any atom is -0.311 e. The summed E-state index contributed by atoms with van der Waals surface area (Å²) in [5.74, 6) is 3.13. The van der Waals surface area contributed by atoms with Gasteiger partial charge in [0.1, 0.15) is 0 Å². The Hall–Kier alpha value is 1.06. The summed E-state index contributed by atoms with van der Waals surface area (Å²) < 4.78 is 0. The van der Waals surface area contributed by atoms with Gasteiger partial charge in [0.15, 0.2) is 11.8 Å². The van der Waals surface area contributed by atoms with Gasteiger partial charge in [-0.1, -0.05) is 0 Å². The van der Waals surface area contributed by atoms with Crippen molar-refractivity contribution in [3.05, 3.63) is 34.3 Å². The first-order chi connectivity index (χ1) is 16.5. The van der Waals surface area contributed by atoms with Gasteiger partial charge in [-0.2, -0.15) is 5.26 Å². The van der Waals surface area contributed by atoms with E-state index in [9.17, 15) is 0 Å². The maximum atomic E-state index is 8.15. The fourth-order valence-electron chi connectivity index (χ4n) is 1.41. The molecule has 4 nitrogen and oxygen atoms in total. The molecule has 0 heterocycles. The SMILES string of the molecule is CC(C)(C)C#N.C[PH+](C)C[PH+](C)C.C[PH+](C)C[PH+](C)C.[C-]#[N+]C(C)(C)C.[C-]#[N+]C(C)(C)C.[C-]#[N+]C(C)(C)C.[Pt+2].[Pt]. The van der Waals surface area contributed by atoms with Gasteiger partial charge in [0, 0.05) is 174 Å². The van der Waals surface area contributed by atoms with Crippen LogP contribution in [-0.2, 0) is 42.1 Å². The number of hydrogen-bond donors (Lipinski definition) is 0. The predicted molar refractivity (Wildman–Crippen MR) is 195 cm³/mol. The van der Waals surface area contributed by atoms with Crippen molar-refractivity contribution in [3.8, 4) is 6.07 Å². The molecule has 0 fully saturated rings. The molecule has 0 spiro atoms. The van der Waals surface area contributed by atoms with Crippen LogP contribution in [0.5, 0.6) is 0 Å². The molecule has 0 saturated carbocycles. The molecule has 40 heavy (non-hydrogen) atoms. The van der Waals surface area contributed by atoms with Crippen molar-refractivity contribution in [1.29, 1.82) is 5.26 Å². The summed E-state index contributed by atoms with van der Waals surface area (Å²) >= 11 is 0. The Morgan fingerprint density at radius 2 is 0.600 bits per heavy atom. The van der Waals surface area contributed by atoms with E-state index >= 15 is 0 Å². The van der Waals surface area contributed by atoms with Crippen LogP contribution in [0.4, 0.5) is 0 Å². The molecule has 10 heteroatoms. The molecule has 0 N–H and O–H groups in total. The third kappa shape index (κ3) is 128. The minimum atomic E-state index is -0.167. The van der Waals surface area contributed by atoms with Gasteiger partial charge in [-0.3, -0.25) is 0 Å². The van der Waals surface area contributed by atoms with E-state index in [0.29, 0.717) is 0 Å². The summed E-state index contributed by atoms with van der Waals surface area (Å²) in [4.78, 5) is 9.81. The molecule has 0 saturated heterocycles. The van der Waals surface area contributed by atoms with Crippen LogP contribution < -0.4 is 0 Å². The Bertz CT molecular complexity index is 580. The Morgan fingerprint density at radius 3 is 0.600 bits per heavy atom. The van der Waals surface area contributed by atoms with E-state index in [-0.39, 0.29) is 95.8 Å². The van der Waals surface area contributed by atoms with Gasteiger partial charge < -0.3 is 14.5 Å². The number of rotatable bonds is 4. The zero-order valence-electron chi connectivity index (χ0n) is 29.8. The molecular weight excluding hydrogens is 930 g/mol. The van der Waals surface area contributed by atoms with Crippen molar-refractivity contribution in [1.82, 2.24) is 0 Å². The van der Waals surface area contributed by atoms with Crippen LogP contribution in [0.15, 0.2) is 0 Å². The smallest absolute Gasteiger partial charge is 0.311 e. The largest absolute Gasteiger partial charge is 2.00 e.